The molecule has 0 radical (unpaired) electrons. The Morgan fingerprint density at radius 1 is 1.05 bits per heavy atom. The zero-order valence-corrected chi connectivity index (χ0v) is 12.2. The van der Waals surface area contributed by atoms with Gasteiger partial charge in [-0.15, -0.1) is 0 Å². The van der Waals surface area contributed by atoms with Crippen molar-refractivity contribution in [3.63, 3.8) is 0 Å². The van der Waals surface area contributed by atoms with E-state index in [1.807, 2.05) is 31.2 Å². The fourth-order valence-electron chi connectivity index (χ4n) is 2.05. The molecule has 1 heterocycles. The first-order valence-corrected chi connectivity index (χ1v) is 6.97. The molecule has 3 nitrogen and oxygen atoms in total. The molecule has 0 unspecified atom stereocenters. The lowest BCUT2D eigenvalue weighted by atomic mass is 10.1. The molecule has 0 saturated carbocycles. The molecule has 0 aliphatic rings. The minimum Gasteiger partial charge on any atom is -0.439 e. The van der Waals surface area contributed by atoms with Crippen LogP contribution in [-0.2, 0) is 6.67 Å². The number of benzene rings is 2. The van der Waals surface area contributed by atoms with Gasteiger partial charge in [-0.2, -0.15) is 4.98 Å². The zero-order valence-electron chi connectivity index (χ0n) is 12.2. The van der Waals surface area contributed by atoms with Gasteiger partial charge in [-0.25, -0.2) is 9.37 Å². The van der Waals surface area contributed by atoms with Crippen LogP contribution in [0.1, 0.15) is 11.1 Å². The number of aromatic nitrogens is 2. The van der Waals surface area contributed by atoms with E-state index in [0.717, 1.165) is 5.56 Å². The molecular formula is C18H15FN2O. The van der Waals surface area contributed by atoms with Crippen LogP contribution in [0.5, 0.6) is 11.6 Å². The lowest BCUT2D eigenvalue weighted by Gasteiger charge is -2.07. The Kier molecular flexibility index (Phi) is 4.10. The van der Waals surface area contributed by atoms with Crippen LogP contribution < -0.4 is 4.74 Å². The third-order valence-corrected chi connectivity index (χ3v) is 3.21. The van der Waals surface area contributed by atoms with Gasteiger partial charge in [0.25, 0.3) is 0 Å². The van der Waals surface area contributed by atoms with Crippen LogP contribution in [-0.4, -0.2) is 9.97 Å². The maximum absolute atomic E-state index is 12.7. The molecule has 22 heavy (non-hydrogen) atoms. The Labute approximate surface area is 128 Å². The zero-order chi connectivity index (χ0) is 15.4. The Balaban J connectivity index is 1.86. The van der Waals surface area contributed by atoms with E-state index in [1.54, 1.807) is 36.5 Å². The largest absolute Gasteiger partial charge is 0.439 e. The summed E-state index contributed by atoms with van der Waals surface area (Å²) in [5.41, 5.74) is 2.68. The van der Waals surface area contributed by atoms with Crippen molar-refractivity contribution < 1.29 is 9.13 Å². The molecule has 3 rings (SSSR count). The van der Waals surface area contributed by atoms with Gasteiger partial charge >= 0.3 is 0 Å². The van der Waals surface area contributed by atoms with Crippen LogP contribution >= 0.6 is 0 Å². The van der Waals surface area contributed by atoms with Crippen LogP contribution in [0, 0.1) is 6.92 Å². The van der Waals surface area contributed by atoms with Gasteiger partial charge < -0.3 is 4.74 Å². The fraction of sp³-hybridized carbons (Fsp3) is 0.111. The number of hydrogen-bond donors (Lipinski definition) is 0. The number of alkyl halides is 1. The molecule has 110 valence electrons. The smallest absolute Gasteiger partial charge is 0.222 e. The van der Waals surface area contributed by atoms with Gasteiger partial charge in [-0.1, -0.05) is 42.0 Å². The highest BCUT2D eigenvalue weighted by molar-refractivity contribution is 5.55. The van der Waals surface area contributed by atoms with E-state index in [4.69, 9.17) is 4.74 Å². The summed E-state index contributed by atoms with van der Waals surface area (Å²) >= 11 is 0. The molecule has 0 N–H and O–H groups in total. The summed E-state index contributed by atoms with van der Waals surface area (Å²) in [4.78, 5) is 8.66. The third-order valence-electron chi connectivity index (χ3n) is 3.21. The summed E-state index contributed by atoms with van der Waals surface area (Å²) in [6.07, 6.45) is 1.65. The number of nitrogens with zero attached hydrogens (tertiary/aromatic N) is 2. The van der Waals surface area contributed by atoms with Crippen LogP contribution in [0.3, 0.4) is 0 Å². The van der Waals surface area contributed by atoms with E-state index in [0.29, 0.717) is 23.0 Å². The Bertz CT molecular complexity index is 772. The van der Waals surface area contributed by atoms with Gasteiger partial charge in [0.05, 0.1) is 0 Å². The first-order chi connectivity index (χ1) is 10.7. The minimum atomic E-state index is -0.518. The highest BCUT2D eigenvalue weighted by atomic mass is 19.1. The molecule has 3 aromatic rings. The number of hydrogen-bond acceptors (Lipinski definition) is 3. The maximum Gasteiger partial charge on any atom is 0.222 e. The summed E-state index contributed by atoms with van der Waals surface area (Å²) in [7, 11) is 0. The fourth-order valence-corrected chi connectivity index (χ4v) is 2.05. The molecule has 0 fully saturated rings. The van der Waals surface area contributed by atoms with Crippen LogP contribution in [0.4, 0.5) is 4.39 Å². The second kappa shape index (κ2) is 6.35. The van der Waals surface area contributed by atoms with E-state index >= 15 is 0 Å². The van der Waals surface area contributed by atoms with Gasteiger partial charge in [0, 0.05) is 17.8 Å². The standard InChI is InChI=1S/C18H15FN2O/c1-13-5-7-15(8-6-13)18-20-10-9-17(21-18)22-16-4-2-3-14(11-16)12-19/h2-11H,12H2,1H3. The third kappa shape index (κ3) is 3.28. The summed E-state index contributed by atoms with van der Waals surface area (Å²) in [5, 5.41) is 0. The van der Waals surface area contributed by atoms with Crippen molar-refractivity contribution in [1.29, 1.82) is 0 Å². The van der Waals surface area contributed by atoms with Crippen molar-refractivity contribution in [1.82, 2.24) is 9.97 Å². The van der Waals surface area contributed by atoms with Gasteiger partial charge in [-0.05, 0) is 24.6 Å². The van der Waals surface area contributed by atoms with Gasteiger partial charge in [0.15, 0.2) is 5.82 Å². The summed E-state index contributed by atoms with van der Waals surface area (Å²) in [5.74, 6) is 1.59. The summed E-state index contributed by atoms with van der Waals surface area (Å²) in [6, 6.07) is 16.5. The highest BCUT2D eigenvalue weighted by Crippen LogP contribution is 2.23. The number of aryl methyl sites for hydroxylation is 1. The molecule has 0 amide bonds. The van der Waals surface area contributed by atoms with Crippen molar-refractivity contribution in [2.75, 3.05) is 0 Å². The predicted molar refractivity (Wildman–Crippen MR) is 83.5 cm³/mol. The van der Waals surface area contributed by atoms with Crippen molar-refractivity contribution in [2.24, 2.45) is 0 Å². The number of rotatable bonds is 4. The van der Waals surface area contributed by atoms with Gasteiger partial charge in [-0.3, -0.25) is 0 Å². The first-order valence-electron chi connectivity index (χ1n) is 6.97. The molecule has 1 aromatic heterocycles. The Morgan fingerprint density at radius 3 is 2.64 bits per heavy atom. The second-order valence-electron chi connectivity index (χ2n) is 4.97. The lowest BCUT2D eigenvalue weighted by molar-refractivity contribution is 0.455. The van der Waals surface area contributed by atoms with Gasteiger partial charge in [0.1, 0.15) is 12.4 Å². The molecular weight excluding hydrogens is 279 g/mol. The van der Waals surface area contributed by atoms with Crippen LogP contribution in [0.25, 0.3) is 11.4 Å². The van der Waals surface area contributed by atoms with Crippen LogP contribution in [0.15, 0.2) is 60.8 Å². The van der Waals surface area contributed by atoms with Crippen molar-refractivity contribution in [3.05, 3.63) is 71.9 Å². The molecule has 4 heteroatoms. The lowest BCUT2D eigenvalue weighted by Crippen LogP contribution is -1.93. The average Bonchev–Trinajstić information content (AvgIpc) is 2.56. The molecule has 0 atom stereocenters. The molecule has 0 spiro atoms. The normalized spacial score (nSPS) is 10.5. The highest BCUT2D eigenvalue weighted by Gasteiger charge is 2.05. The van der Waals surface area contributed by atoms with E-state index in [2.05, 4.69) is 9.97 Å². The van der Waals surface area contributed by atoms with Crippen molar-refractivity contribution in [3.8, 4) is 23.0 Å². The second-order valence-corrected chi connectivity index (χ2v) is 4.97. The van der Waals surface area contributed by atoms with Crippen molar-refractivity contribution >= 4 is 0 Å². The van der Waals surface area contributed by atoms with E-state index in [9.17, 15) is 4.39 Å². The van der Waals surface area contributed by atoms with Crippen LogP contribution in [0.2, 0.25) is 0 Å². The SMILES string of the molecule is Cc1ccc(-c2nccc(Oc3cccc(CF)c3)n2)cc1. The molecule has 0 aliphatic heterocycles. The van der Waals surface area contributed by atoms with E-state index in [-0.39, 0.29) is 0 Å². The summed E-state index contributed by atoms with van der Waals surface area (Å²) in [6.45, 7) is 1.51. The summed E-state index contributed by atoms with van der Waals surface area (Å²) < 4.78 is 18.4. The van der Waals surface area contributed by atoms with E-state index < -0.39 is 6.67 Å². The maximum atomic E-state index is 12.7. The predicted octanol–water partition coefficient (Wildman–Crippen LogP) is 4.71. The number of halogens is 1. The topological polar surface area (TPSA) is 35.0 Å². The molecule has 0 aliphatic carbocycles. The average molecular weight is 294 g/mol. The first kappa shape index (κ1) is 14.2. The van der Waals surface area contributed by atoms with Crippen molar-refractivity contribution in [2.45, 2.75) is 13.6 Å². The Morgan fingerprint density at radius 2 is 1.86 bits per heavy atom. The molecule has 0 bridgehead atoms. The Hall–Kier alpha value is -2.75. The monoisotopic (exact) mass is 294 g/mol. The molecule has 2 aromatic carbocycles. The quantitative estimate of drug-likeness (QED) is 0.698. The number of ether oxygens (including phenoxy) is 1. The van der Waals surface area contributed by atoms with E-state index in [1.165, 1.54) is 5.56 Å². The minimum absolute atomic E-state index is 0.432. The van der Waals surface area contributed by atoms with Gasteiger partial charge in [0.2, 0.25) is 5.88 Å². The molecule has 0 saturated heterocycles.